The van der Waals surface area contributed by atoms with E-state index in [1.165, 1.54) is 4.57 Å². The Morgan fingerprint density at radius 1 is 1.19 bits per heavy atom. The Balaban J connectivity index is 1.76. The van der Waals surface area contributed by atoms with Crippen molar-refractivity contribution in [1.82, 2.24) is 14.5 Å². The van der Waals surface area contributed by atoms with Crippen LogP contribution < -0.4 is 16.2 Å². The van der Waals surface area contributed by atoms with Gasteiger partial charge in [0.05, 0.1) is 17.6 Å². The predicted octanol–water partition coefficient (Wildman–Crippen LogP) is 3.11. The summed E-state index contributed by atoms with van der Waals surface area (Å²) >= 11 is 0. The second kappa shape index (κ2) is 7.94. The lowest BCUT2D eigenvalue weighted by Gasteiger charge is -2.37. The van der Waals surface area contributed by atoms with Crippen molar-refractivity contribution in [3.63, 3.8) is 0 Å². The number of nitrogens with zero attached hydrogens (tertiary/aromatic N) is 3. The molecule has 164 valence electrons. The fraction of sp³-hybridized carbons (Fsp3) is 0.435. The minimum absolute atomic E-state index is 0.116. The quantitative estimate of drug-likeness (QED) is 0.482. The van der Waals surface area contributed by atoms with Crippen molar-refractivity contribution in [2.45, 2.75) is 57.7 Å². The van der Waals surface area contributed by atoms with E-state index < -0.39 is 5.60 Å². The highest BCUT2D eigenvalue weighted by atomic mass is 16.3. The molecular weight excluding hydrogens is 394 g/mol. The summed E-state index contributed by atoms with van der Waals surface area (Å²) in [6.45, 7) is 6.11. The Morgan fingerprint density at radius 2 is 1.97 bits per heavy atom. The second-order valence-electron chi connectivity index (χ2n) is 9.17. The van der Waals surface area contributed by atoms with Crippen LogP contribution in [0.2, 0.25) is 0 Å². The van der Waals surface area contributed by atoms with E-state index in [-0.39, 0.29) is 24.2 Å². The molecule has 1 aliphatic rings. The van der Waals surface area contributed by atoms with Gasteiger partial charge in [-0.05, 0) is 75.2 Å². The van der Waals surface area contributed by atoms with E-state index in [0.717, 1.165) is 30.2 Å². The third-order valence-corrected chi connectivity index (χ3v) is 5.53. The normalized spacial score (nSPS) is 15.5. The van der Waals surface area contributed by atoms with Crippen LogP contribution in [0.3, 0.4) is 0 Å². The molecule has 0 saturated heterocycles. The number of nitrogens with one attached hydrogen (secondary N) is 2. The SMILES string of the molecule is CC(C)(C)Nc1nc(Nc2cc(C3(O)CCC3)ccn2)cc2ccn(CCO)c(=O)c12. The first kappa shape index (κ1) is 21.3. The topological polar surface area (TPSA) is 112 Å². The Bertz CT molecular complexity index is 1160. The molecule has 0 bridgehead atoms. The van der Waals surface area contributed by atoms with Crippen molar-refractivity contribution >= 4 is 28.2 Å². The third-order valence-electron chi connectivity index (χ3n) is 5.53. The molecule has 0 unspecified atom stereocenters. The molecule has 3 aromatic heterocycles. The highest BCUT2D eigenvalue weighted by molar-refractivity contribution is 5.93. The van der Waals surface area contributed by atoms with Gasteiger partial charge in [0, 0.05) is 24.5 Å². The lowest BCUT2D eigenvalue weighted by atomic mass is 9.75. The van der Waals surface area contributed by atoms with Gasteiger partial charge in [-0.3, -0.25) is 4.79 Å². The highest BCUT2D eigenvalue weighted by Crippen LogP contribution is 2.41. The van der Waals surface area contributed by atoms with Gasteiger partial charge in [-0.15, -0.1) is 0 Å². The van der Waals surface area contributed by atoms with E-state index in [9.17, 15) is 15.0 Å². The molecule has 31 heavy (non-hydrogen) atoms. The molecule has 0 aliphatic heterocycles. The first-order valence-corrected chi connectivity index (χ1v) is 10.6. The van der Waals surface area contributed by atoms with Crippen LogP contribution in [0.1, 0.15) is 45.6 Å². The first-order chi connectivity index (χ1) is 14.7. The molecule has 0 radical (unpaired) electrons. The van der Waals surface area contributed by atoms with Crippen molar-refractivity contribution in [3.8, 4) is 0 Å². The molecular formula is C23H29N5O3. The zero-order valence-electron chi connectivity index (χ0n) is 18.1. The van der Waals surface area contributed by atoms with Crippen LogP contribution in [0.25, 0.3) is 10.8 Å². The lowest BCUT2D eigenvalue weighted by Crippen LogP contribution is -2.33. The molecule has 0 amide bonds. The zero-order valence-corrected chi connectivity index (χ0v) is 18.1. The summed E-state index contributed by atoms with van der Waals surface area (Å²) in [5.74, 6) is 1.60. The summed E-state index contributed by atoms with van der Waals surface area (Å²) in [5.41, 5.74) is -0.442. The summed E-state index contributed by atoms with van der Waals surface area (Å²) in [6.07, 6.45) is 5.88. The van der Waals surface area contributed by atoms with Crippen LogP contribution in [0.4, 0.5) is 17.5 Å². The largest absolute Gasteiger partial charge is 0.395 e. The molecule has 0 atom stereocenters. The molecule has 3 heterocycles. The Hall–Kier alpha value is -2.97. The van der Waals surface area contributed by atoms with Crippen LogP contribution in [-0.2, 0) is 12.1 Å². The molecule has 4 N–H and O–H groups in total. The minimum Gasteiger partial charge on any atom is -0.395 e. The van der Waals surface area contributed by atoms with Crippen molar-refractivity contribution in [3.05, 3.63) is 52.6 Å². The third kappa shape index (κ3) is 4.40. The number of aliphatic hydroxyl groups is 2. The monoisotopic (exact) mass is 423 g/mol. The Morgan fingerprint density at radius 3 is 2.61 bits per heavy atom. The van der Waals surface area contributed by atoms with Crippen molar-refractivity contribution in [2.75, 3.05) is 17.2 Å². The van der Waals surface area contributed by atoms with Gasteiger partial charge in [-0.1, -0.05) is 0 Å². The summed E-state index contributed by atoms with van der Waals surface area (Å²) in [7, 11) is 0. The maximum absolute atomic E-state index is 13.0. The Kier molecular flexibility index (Phi) is 5.45. The number of pyridine rings is 3. The molecule has 8 nitrogen and oxygen atoms in total. The fourth-order valence-electron chi connectivity index (χ4n) is 3.82. The fourth-order valence-corrected chi connectivity index (χ4v) is 3.82. The number of fused-ring (bicyclic) bond motifs is 1. The summed E-state index contributed by atoms with van der Waals surface area (Å²) < 4.78 is 1.48. The summed E-state index contributed by atoms with van der Waals surface area (Å²) in [6, 6.07) is 7.34. The van der Waals surface area contributed by atoms with Gasteiger partial charge in [-0.2, -0.15) is 0 Å². The predicted molar refractivity (Wildman–Crippen MR) is 122 cm³/mol. The van der Waals surface area contributed by atoms with Gasteiger partial charge < -0.3 is 25.4 Å². The molecule has 3 aromatic rings. The van der Waals surface area contributed by atoms with Gasteiger partial charge in [-0.25, -0.2) is 9.97 Å². The van der Waals surface area contributed by atoms with Crippen molar-refractivity contribution in [1.29, 1.82) is 0 Å². The minimum atomic E-state index is -0.771. The standard InChI is InChI=1S/C23H29N5O3/c1-22(2,3)27-20-19-15(6-10-28(11-12-29)21(19)30)13-18(26-20)25-17-14-16(5-9-24-17)23(31)7-4-8-23/h5-6,9-10,13-14,29,31H,4,7-8,11-12H2,1-3H3,(H2,24,25,26,27). The average Bonchev–Trinajstić information content (AvgIpc) is 2.67. The molecule has 1 fully saturated rings. The Labute approximate surface area is 181 Å². The number of aromatic nitrogens is 3. The lowest BCUT2D eigenvalue weighted by molar-refractivity contribution is -0.0388. The van der Waals surface area contributed by atoms with E-state index in [0.29, 0.717) is 22.8 Å². The number of aliphatic hydroxyl groups excluding tert-OH is 1. The van der Waals surface area contributed by atoms with Crippen LogP contribution in [0.15, 0.2) is 41.5 Å². The summed E-state index contributed by atoms with van der Waals surface area (Å²) in [5, 5.41) is 27.7. The van der Waals surface area contributed by atoms with Crippen LogP contribution >= 0.6 is 0 Å². The molecule has 0 aromatic carbocycles. The van der Waals surface area contributed by atoms with Gasteiger partial charge in [0.25, 0.3) is 5.56 Å². The molecule has 0 spiro atoms. The van der Waals surface area contributed by atoms with E-state index in [2.05, 4.69) is 20.6 Å². The molecule has 1 saturated carbocycles. The summed E-state index contributed by atoms with van der Waals surface area (Å²) in [4.78, 5) is 22.0. The van der Waals surface area contributed by atoms with Crippen molar-refractivity contribution in [2.24, 2.45) is 0 Å². The van der Waals surface area contributed by atoms with Gasteiger partial charge in [0.15, 0.2) is 0 Å². The molecule has 8 heteroatoms. The van der Waals surface area contributed by atoms with Gasteiger partial charge >= 0.3 is 0 Å². The zero-order chi connectivity index (χ0) is 22.2. The number of rotatable bonds is 6. The number of hydrogen-bond donors (Lipinski definition) is 4. The van der Waals surface area contributed by atoms with E-state index >= 15 is 0 Å². The number of anilines is 3. The van der Waals surface area contributed by atoms with Crippen LogP contribution in [0, 0.1) is 0 Å². The molecule has 4 rings (SSSR count). The first-order valence-electron chi connectivity index (χ1n) is 10.6. The highest BCUT2D eigenvalue weighted by Gasteiger charge is 2.36. The van der Waals surface area contributed by atoms with Crippen LogP contribution in [0.5, 0.6) is 0 Å². The van der Waals surface area contributed by atoms with Gasteiger partial charge in [0.2, 0.25) is 0 Å². The van der Waals surface area contributed by atoms with E-state index in [1.54, 1.807) is 18.5 Å². The van der Waals surface area contributed by atoms with Crippen molar-refractivity contribution < 1.29 is 10.2 Å². The van der Waals surface area contributed by atoms with Gasteiger partial charge in [0.1, 0.15) is 17.5 Å². The smallest absolute Gasteiger partial charge is 0.262 e. The second-order valence-corrected chi connectivity index (χ2v) is 9.17. The average molecular weight is 424 g/mol. The maximum Gasteiger partial charge on any atom is 0.262 e. The van der Waals surface area contributed by atoms with E-state index in [4.69, 9.17) is 0 Å². The number of hydrogen-bond acceptors (Lipinski definition) is 7. The van der Waals surface area contributed by atoms with Crippen LogP contribution in [-0.4, -0.2) is 36.9 Å². The maximum atomic E-state index is 13.0. The van der Waals surface area contributed by atoms with E-state index in [1.807, 2.05) is 39.0 Å². The molecule has 1 aliphatic carbocycles.